The van der Waals surface area contributed by atoms with E-state index in [0.717, 1.165) is 55.3 Å². The molecule has 1 saturated carbocycles. The molecule has 0 amide bonds. The Hall–Kier alpha value is -3.08. The van der Waals surface area contributed by atoms with Crippen LogP contribution in [0, 0.1) is 0 Å². The fourth-order valence-corrected chi connectivity index (χ4v) is 5.08. The number of aromatic hydroxyl groups is 1. The largest absolute Gasteiger partial charge is 0.508 e. The predicted octanol–water partition coefficient (Wildman–Crippen LogP) is 5.41. The second-order valence-corrected chi connectivity index (χ2v) is 9.39. The van der Waals surface area contributed by atoms with Crippen molar-refractivity contribution in [2.75, 3.05) is 37.7 Å². The second-order valence-electron chi connectivity index (χ2n) is 9.39. The summed E-state index contributed by atoms with van der Waals surface area (Å²) in [5.41, 5.74) is 7.04. The van der Waals surface area contributed by atoms with Gasteiger partial charge in [-0.05, 0) is 77.8 Å². The molecule has 0 aromatic heterocycles. The molecule has 4 nitrogen and oxygen atoms in total. The van der Waals surface area contributed by atoms with Crippen LogP contribution in [0.5, 0.6) is 5.75 Å². The average Bonchev–Trinajstić information content (AvgIpc) is 3.74. The third kappa shape index (κ3) is 5.19. The third-order valence-corrected chi connectivity index (χ3v) is 7.06. The van der Waals surface area contributed by atoms with E-state index in [1.165, 1.54) is 29.7 Å². The minimum absolute atomic E-state index is 0.158. The summed E-state index contributed by atoms with van der Waals surface area (Å²) >= 11 is 0. The van der Waals surface area contributed by atoms with Gasteiger partial charge >= 0.3 is 0 Å². The molecular formula is C30H34N2O2. The van der Waals surface area contributed by atoms with Crippen molar-refractivity contribution < 1.29 is 10.2 Å². The number of rotatable bonds is 8. The number of aliphatic hydroxyl groups is 1. The summed E-state index contributed by atoms with van der Waals surface area (Å²) < 4.78 is 0. The van der Waals surface area contributed by atoms with E-state index in [-0.39, 0.29) is 12.4 Å². The molecule has 0 spiro atoms. The van der Waals surface area contributed by atoms with Crippen LogP contribution < -0.4 is 4.90 Å². The first-order valence-corrected chi connectivity index (χ1v) is 12.5. The van der Waals surface area contributed by atoms with E-state index in [1.54, 1.807) is 12.1 Å². The lowest BCUT2D eigenvalue weighted by Crippen LogP contribution is -2.47. The van der Waals surface area contributed by atoms with E-state index in [9.17, 15) is 10.2 Å². The van der Waals surface area contributed by atoms with Crippen LogP contribution in [0.15, 0.2) is 78.9 Å². The highest BCUT2D eigenvalue weighted by Crippen LogP contribution is 2.36. The van der Waals surface area contributed by atoms with Gasteiger partial charge in [0.25, 0.3) is 0 Å². The molecule has 176 valence electrons. The van der Waals surface area contributed by atoms with Crippen LogP contribution in [0.4, 0.5) is 5.69 Å². The number of phenols is 1. The summed E-state index contributed by atoms with van der Waals surface area (Å²) in [5, 5.41) is 19.5. The van der Waals surface area contributed by atoms with Gasteiger partial charge in [-0.1, -0.05) is 54.6 Å². The van der Waals surface area contributed by atoms with Crippen molar-refractivity contribution in [3.8, 4) is 5.75 Å². The molecule has 34 heavy (non-hydrogen) atoms. The lowest BCUT2D eigenvalue weighted by molar-refractivity contribution is 0.248. The maximum absolute atomic E-state index is 9.89. The molecule has 4 heteroatoms. The molecule has 3 aromatic carbocycles. The third-order valence-electron chi connectivity index (χ3n) is 7.06. The minimum Gasteiger partial charge on any atom is -0.508 e. The molecule has 0 bridgehead atoms. The van der Waals surface area contributed by atoms with E-state index >= 15 is 0 Å². The lowest BCUT2D eigenvalue weighted by atomic mass is 9.87. The summed E-state index contributed by atoms with van der Waals surface area (Å²) in [7, 11) is 0. The number of hydrogen-bond acceptors (Lipinski definition) is 4. The lowest BCUT2D eigenvalue weighted by Gasteiger charge is -2.36. The van der Waals surface area contributed by atoms with Gasteiger partial charge in [0, 0.05) is 44.5 Å². The van der Waals surface area contributed by atoms with Crippen molar-refractivity contribution in [2.45, 2.75) is 31.7 Å². The minimum atomic E-state index is 0.158. The maximum atomic E-state index is 9.89. The first-order chi connectivity index (χ1) is 16.7. The van der Waals surface area contributed by atoms with Gasteiger partial charge in [0.05, 0.1) is 0 Å². The fourth-order valence-electron chi connectivity index (χ4n) is 5.08. The molecule has 0 unspecified atom stereocenters. The molecule has 2 aliphatic rings. The number of allylic oxidation sites excluding steroid dienone is 1. The Kier molecular flexibility index (Phi) is 6.98. The van der Waals surface area contributed by atoms with Gasteiger partial charge in [-0.15, -0.1) is 0 Å². The molecule has 2 N–H and O–H groups in total. The molecule has 1 saturated heterocycles. The van der Waals surface area contributed by atoms with Crippen molar-refractivity contribution in [3.63, 3.8) is 0 Å². The van der Waals surface area contributed by atoms with Crippen molar-refractivity contribution in [1.29, 1.82) is 0 Å². The standard InChI is InChI=1S/C30H34N2O2/c33-22-4-7-29(23-5-2-1-3-6-23)30(25-10-16-28(34)17-11-25)24-8-12-26(13-9-24)31-18-20-32(21-19-31)27-14-15-27/h1-3,5-6,8-13,16-17,27,33-34H,4,7,14-15,18-22H2/b30-29+. The Bertz CT molecular complexity index is 1090. The van der Waals surface area contributed by atoms with Crippen LogP contribution in [0.1, 0.15) is 42.4 Å². The number of hydrogen-bond donors (Lipinski definition) is 2. The summed E-state index contributed by atoms with van der Waals surface area (Å²) in [6.07, 6.45) is 4.24. The quantitative estimate of drug-likeness (QED) is 0.447. The normalized spacial score (nSPS) is 17.5. The van der Waals surface area contributed by atoms with Gasteiger partial charge in [0.15, 0.2) is 0 Å². The van der Waals surface area contributed by atoms with Crippen LogP contribution in [0.25, 0.3) is 11.1 Å². The zero-order valence-corrected chi connectivity index (χ0v) is 19.7. The first kappa shape index (κ1) is 22.7. The highest BCUT2D eigenvalue weighted by atomic mass is 16.3. The topological polar surface area (TPSA) is 46.9 Å². The summed E-state index contributed by atoms with van der Waals surface area (Å²) in [6, 6.07) is 27.7. The second kappa shape index (κ2) is 10.5. The molecular weight excluding hydrogens is 420 g/mol. The molecule has 0 atom stereocenters. The van der Waals surface area contributed by atoms with Gasteiger partial charge in [0.2, 0.25) is 0 Å². The molecule has 2 fully saturated rings. The van der Waals surface area contributed by atoms with E-state index in [0.29, 0.717) is 6.42 Å². The molecule has 3 aromatic rings. The highest BCUT2D eigenvalue weighted by molar-refractivity contribution is 5.98. The number of benzene rings is 3. The van der Waals surface area contributed by atoms with Crippen molar-refractivity contribution >= 4 is 16.8 Å². The number of phenolic OH excluding ortho intramolecular Hbond substituents is 1. The molecule has 1 aliphatic heterocycles. The van der Waals surface area contributed by atoms with Gasteiger partial charge < -0.3 is 15.1 Å². The van der Waals surface area contributed by atoms with Gasteiger partial charge in [0.1, 0.15) is 5.75 Å². The van der Waals surface area contributed by atoms with E-state index in [4.69, 9.17) is 0 Å². The van der Waals surface area contributed by atoms with E-state index in [1.807, 2.05) is 18.2 Å². The zero-order valence-electron chi connectivity index (χ0n) is 19.7. The highest BCUT2D eigenvalue weighted by Gasteiger charge is 2.31. The molecule has 0 radical (unpaired) electrons. The summed E-state index contributed by atoms with van der Waals surface area (Å²) in [5.74, 6) is 0.264. The summed E-state index contributed by atoms with van der Waals surface area (Å²) in [4.78, 5) is 5.14. The molecule has 1 aliphatic carbocycles. The number of nitrogens with zero attached hydrogens (tertiary/aromatic N) is 2. The smallest absolute Gasteiger partial charge is 0.115 e. The monoisotopic (exact) mass is 454 g/mol. The average molecular weight is 455 g/mol. The Morgan fingerprint density at radius 3 is 1.94 bits per heavy atom. The van der Waals surface area contributed by atoms with Crippen molar-refractivity contribution in [1.82, 2.24) is 4.90 Å². The van der Waals surface area contributed by atoms with Crippen LogP contribution in [0.3, 0.4) is 0 Å². The number of piperazine rings is 1. The van der Waals surface area contributed by atoms with Crippen LogP contribution in [-0.4, -0.2) is 53.9 Å². The Labute approximate surface area is 202 Å². The Balaban J connectivity index is 1.49. The van der Waals surface area contributed by atoms with Crippen LogP contribution in [0.2, 0.25) is 0 Å². The number of aliphatic hydroxyl groups excluding tert-OH is 1. The van der Waals surface area contributed by atoms with Gasteiger partial charge in [-0.2, -0.15) is 0 Å². The Morgan fingerprint density at radius 1 is 0.735 bits per heavy atom. The molecule has 1 heterocycles. The van der Waals surface area contributed by atoms with Gasteiger partial charge in [-0.25, -0.2) is 0 Å². The Morgan fingerprint density at radius 2 is 1.35 bits per heavy atom. The van der Waals surface area contributed by atoms with E-state index < -0.39 is 0 Å². The molecule has 5 rings (SSSR count). The van der Waals surface area contributed by atoms with Crippen molar-refractivity contribution in [2.24, 2.45) is 0 Å². The van der Waals surface area contributed by atoms with Crippen LogP contribution in [-0.2, 0) is 0 Å². The summed E-state index contributed by atoms with van der Waals surface area (Å²) in [6.45, 7) is 4.64. The van der Waals surface area contributed by atoms with Crippen LogP contribution >= 0.6 is 0 Å². The zero-order chi connectivity index (χ0) is 23.3. The fraction of sp³-hybridized carbons (Fsp3) is 0.333. The predicted molar refractivity (Wildman–Crippen MR) is 140 cm³/mol. The van der Waals surface area contributed by atoms with E-state index in [2.05, 4.69) is 58.3 Å². The maximum Gasteiger partial charge on any atom is 0.115 e. The SMILES string of the molecule is OCCC/C(=C(\c1ccc(O)cc1)c1ccc(N2CCN(C3CC3)CC2)cc1)c1ccccc1. The van der Waals surface area contributed by atoms with Gasteiger partial charge in [-0.3, -0.25) is 4.90 Å². The first-order valence-electron chi connectivity index (χ1n) is 12.5. The number of anilines is 1. The van der Waals surface area contributed by atoms with Crippen molar-refractivity contribution in [3.05, 3.63) is 95.6 Å².